The zero-order chi connectivity index (χ0) is 17.6. The third-order valence-electron chi connectivity index (χ3n) is 2.69. The number of ether oxygens (including phenoxy) is 1. The summed E-state index contributed by atoms with van der Waals surface area (Å²) >= 11 is 1.28. The highest BCUT2D eigenvalue weighted by Crippen LogP contribution is 2.23. The van der Waals surface area contributed by atoms with Gasteiger partial charge in [-0.05, 0) is 46.8 Å². The van der Waals surface area contributed by atoms with E-state index in [9.17, 15) is 14.4 Å². The van der Waals surface area contributed by atoms with Crippen molar-refractivity contribution in [2.75, 3.05) is 5.75 Å². The highest BCUT2D eigenvalue weighted by Gasteiger charge is 2.24. The number of hydrogen-bond acceptors (Lipinski definition) is 5. The molecule has 1 aromatic carbocycles. The molecule has 1 aromatic rings. The molecule has 0 heterocycles. The smallest absolute Gasteiger partial charge is 0.340 e. The summed E-state index contributed by atoms with van der Waals surface area (Å²) in [6.45, 7) is 8.59. The zero-order valence-electron chi connectivity index (χ0n) is 14.1. The molecule has 0 saturated heterocycles. The van der Waals surface area contributed by atoms with Crippen LogP contribution in [0.5, 0.6) is 0 Å². The number of nitrogens with one attached hydrogen (secondary N) is 1. The predicted octanol–water partition coefficient (Wildman–Crippen LogP) is 2.83. The summed E-state index contributed by atoms with van der Waals surface area (Å²) in [4.78, 5) is 36.0. The lowest BCUT2D eigenvalue weighted by Gasteiger charge is -2.23. The zero-order valence-corrected chi connectivity index (χ0v) is 15.0. The fourth-order valence-electron chi connectivity index (χ4n) is 1.69. The van der Waals surface area contributed by atoms with Crippen molar-refractivity contribution in [2.24, 2.45) is 0 Å². The Morgan fingerprint density at radius 3 is 2.39 bits per heavy atom. The van der Waals surface area contributed by atoms with Gasteiger partial charge in [-0.15, -0.1) is 11.8 Å². The lowest BCUT2D eigenvalue weighted by atomic mass is 10.1. The molecule has 0 unspecified atom stereocenters. The van der Waals surface area contributed by atoms with Crippen molar-refractivity contribution in [1.82, 2.24) is 5.32 Å². The van der Waals surface area contributed by atoms with Gasteiger partial charge in [0, 0.05) is 10.4 Å². The lowest BCUT2D eigenvalue weighted by molar-refractivity contribution is -0.130. The minimum absolute atomic E-state index is 0.0242. The molecule has 5 nitrogen and oxygen atoms in total. The van der Waals surface area contributed by atoms with Gasteiger partial charge < -0.3 is 10.1 Å². The van der Waals surface area contributed by atoms with Gasteiger partial charge in [-0.2, -0.15) is 0 Å². The van der Waals surface area contributed by atoms with Crippen molar-refractivity contribution in [3.8, 4) is 0 Å². The van der Waals surface area contributed by atoms with Crippen LogP contribution < -0.4 is 5.32 Å². The van der Waals surface area contributed by atoms with Gasteiger partial charge >= 0.3 is 5.97 Å². The van der Waals surface area contributed by atoms with E-state index in [4.69, 9.17) is 4.74 Å². The molecule has 0 fully saturated rings. The first-order chi connectivity index (χ1) is 10.6. The summed E-state index contributed by atoms with van der Waals surface area (Å²) in [6.07, 6.45) is -0.896. The number of Topliss-reactive ketones (excluding diaryl/α,β-unsaturated/α-hetero) is 1. The normalized spacial score (nSPS) is 12.4. The Balaban J connectivity index is 2.78. The monoisotopic (exact) mass is 337 g/mol. The van der Waals surface area contributed by atoms with E-state index in [-0.39, 0.29) is 17.4 Å². The first kappa shape index (κ1) is 19.2. The predicted molar refractivity (Wildman–Crippen MR) is 90.6 cm³/mol. The van der Waals surface area contributed by atoms with Crippen LogP contribution in [0.4, 0.5) is 0 Å². The van der Waals surface area contributed by atoms with Crippen molar-refractivity contribution in [3.63, 3.8) is 0 Å². The average Bonchev–Trinajstić information content (AvgIpc) is 2.43. The fourth-order valence-corrected chi connectivity index (χ4v) is 2.53. The second-order valence-corrected chi connectivity index (χ2v) is 7.29. The van der Waals surface area contributed by atoms with E-state index < -0.39 is 17.6 Å². The van der Waals surface area contributed by atoms with E-state index in [1.54, 1.807) is 24.3 Å². The van der Waals surface area contributed by atoms with E-state index in [0.717, 1.165) is 0 Å². The average molecular weight is 337 g/mol. The van der Waals surface area contributed by atoms with E-state index in [0.29, 0.717) is 10.5 Å². The maximum Gasteiger partial charge on any atom is 0.340 e. The largest absolute Gasteiger partial charge is 0.449 e. The second kappa shape index (κ2) is 8.15. The molecule has 126 valence electrons. The Labute approximate surface area is 141 Å². The number of ketones is 1. The van der Waals surface area contributed by atoms with Crippen LogP contribution in [-0.2, 0) is 14.3 Å². The molecule has 6 heteroatoms. The molecule has 0 aromatic heterocycles. The molecule has 0 aliphatic heterocycles. The summed E-state index contributed by atoms with van der Waals surface area (Å²) in [5.74, 6) is -0.617. The van der Waals surface area contributed by atoms with Gasteiger partial charge in [-0.25, -0.2) is 4.79 Å². The molecule has 0 radical (unpaired) electrons. The molecule has 0 aliphatic rings. The first-order valence-corrected chi connectivity index (χ1v) is 8.33. The van der Waals surface area contributed by atoms with Gasteiger partial charge in [-0.1, -0.05) is 12.1 Å². The summed E-state index contributed by atoms with van der Waals surface area (Å²) < 4.78 is 5.24. The third-order valence-corrected chi connectivity index (χ3v) is 3.91. The van der Waals surface area contributed by atoms with Crippen LogP contribution in [-0.4, -0.2) is 35.1 Å². The highest BCUT2D eigenvalue weighted by atomic mass is 32.2. The maximum absolute atomic E-state index is 12.3. The van der Waals surface area contributed by atoms with Crippen LogP contribution in [0, 0.1) is 0 Å². The number of hydrogen-bond donors (Lipinski definition) is 1. The molecular formula is C17H23NO4S. The van der Waals surface area contributed by atoms with Crippen LogP contribution >= 0.6 is 11.8 Å². The number of rotatable bonds is 6. The SMILES string of the molecule is CC(=O)CSc1ccccc1C(=O)O[C@H](C)C(=O)NC(C)(C)C. The maximum atomic E-state index is 12.3. The van der Waals surface area contributed by atoms with Crippen LogP contribution in [0.1, 0.15) is 45.0 Å². The van der Waals surface area contributed by atoms with Gasteiger partial charge in [0.05, 0.1) is 11.3 Å². The van der Waals surface area contributed by atoms with Crippen LogP contribution in [0.2, 0.25) is 0 Å². The van der Waals surface area contributed by atoms with E-state index in [1.165, 1.54) is 25.6 Å². The Hall–Kier alpha value is -1.82. The molecule has 1 N–H and O–H groups in total. The molecule has 0 spiro atoms. The fraction of sp³-hybridized carbons (Fsp3) is 0.471. The molecule has 1 amide bonds. The first-order valence-electron chi connectivity index (χ1n) is 7.34. The standard InChI is InChI=1S/C17H23NO4S/c1-11(19)10-23-14-9-7-6-8-13(14)16(21)22-12(2)15(20)18-17(3,4)5/h6-9,12H,10H2,1-5H3,(H,18,20)/t12-/m1/s1. The number of esters is 1. The number of carbonyl (C=O) groups is 3. The molecule has 1 atom stereocenters. The lowest BCUT2D eigenvalue weighted by Crippen LogP contribution is -2.46. The van der Waals surface area contributed by atoms with Crippen molar-refractivity contribution in [2.45, 2.75) is 51.2 Å². The van der Waals surface area contributed by atoms with Gasteiger partial charge in [0.15, 0.2) is 6.10 Å². The Morgan fingerprint density at radius 2 is 1.83 bits per heavy atom. The van der Waals surface area contributed by atoms with E-state index >= 15 is 0 Å². The summed E-state index contributed by atoms with van der Waals surface area (Å²) in [5.41, 5.74) is -0.0401. The number of amides is 1. The Morgan fingerprint density at radius 1 is 1.22 bits per heavy atom. The minimum atomic E-state index is -0.896. The minimum Gasteiger partial charge on any atom is -0.449 e. The Bertz CT molecular complexity index is 593. The van der Waals surface area contributed by atoms with E-state index in [1.807, 2.05) is 20.8 Å². The van der Waals surface area contributed by atoms with Gasteiger partial charge in [0.25, 0.3) is 5.91 Å². The highest BCUT2D eigenvalue weighted by molar-refractivity contribution is 8.00. The molecule has 0 bridgehead atoms. The quantitative estimate of drug-likeness (QED) is 0.638. The third kappa shape index (κ3) is 6.86. The molecule has 1 rings (SSSR count). The number of thioether (sulfide) groups is 1. The van der Waals surface area contributed by atoms with Crippen LogP contribution in [0.3, 0.4) is 0 Å². The molecule has 0 saturated carbocycles. The molecule has 0 aliphatic carbocycles. The van der Waals surface area contributed by atoms with Crippen molar-refractivity contribution < 1.29 is 19.1 Å². The Kier molecular flexibility index (Phi) is 6.81. The molecule has 23 heavy (non-hydrogen) atoms. The number of benzene rings is 1. The van der Waals surface area contributed by atoms with Crippen LogP contribution in [0.25, 0.3) is 0 Å². The van der Waals surface area contributed by atoms with Gasteiger partial charge in [-0.3, -0.25) is 9.59 Å². The van der Waals surface area contributed by atoms with Gasteiger partial charge in [0.2, 0.25) is 0 Å². The van der Waals surface area contributed by atoms with E-state index in [2.05, 4.69) is 5.32 Å². The summed E-state index contributed by atoms with van der Waals surface area (Å²) in [5, 5.41) is 2.76. The second-order valence-electron chi connectivity index (χ2n) is 6.27. The topological polar surface area (TPSA) is 72.5 Å². The van der Waals surface area contributed by atoms with Crippen molar-refractivity contribution in [1.29, 1.82) is 0 Å². The van der Waals surface area contributed by atoms with Crippen molar-refractivity contribution >= 4 is 29.4 Å². The van der Waals surface area contributed by atoms with Crippen molar-refractivity contribution in [3.05, 3.63) is 29.8 Å². The summed E-state index contributed by atoms with van der Waals surface area (Å²) in [6, 6.07) is 6.88. The summed E-state index contributed by atoms with van der Waals surface area (Å²) in [7, 11) is 0. The van der Waals surface area contributed by atoms with Crippen LogP contribution in [0.15, 0.2) is 29.2 Å². The number of carbonyl (C=O) groups excluding carboxylic acids is 3. The molecular weight excluding hydrogens is 314 g/mol. The van der Waals surface area contributed by atoms with Gasteiger partial charge in [0.1, 0.15) is 5.78 Å².